The molecule has 2 unspecified atom stereocenters. The van der Waals surface area contributed by atoms with Gasteiger partial charge in [0.05, 0.1) is 48.8 Å². The number of carbonyl (C=O) groups is 2. The molecule has 0 aliphatic carbocycles. The van der Waals surface area contributed by atoms with E-state index in [-0.39, 0.29) is 33.9 Å². The van der Waals surface area contributed by atoms with E-state index in [1.54, 1.807) is 13.8 Å². The van der Waals surface area contributed by atoms with Crippen molar-refractivity contribution in [2.75, 3.05) is 39.6 Å². The number of rotatable bonds is 36. The van der Waals surface area contributed by atoms with Crippen LogP contribution in [0.25, 0.3) is 0 Å². The molecule has 0 heterocycles. The Balaban J connectivity index is 1.37. The zero-order valence-electron chi connectivity index (χ0n) is 50.6. The maximum Gasteiger partial charge on any atom is 0.333 e. The Labute approximate surface area is 461 Å². The highest BCUT2D eigenvalue weighted by molar-refractivity contribution is 5.87. The molecule has 0 aromatic heterocycles. The molecule has 3 aromatic carbocycles. The van der Waals surface area contributed by atoms with Crippen LogP contribution in [0.3, 0.4) is 0 Å². The zero-order valence-corrected chi connectivity index (χ0v) is 50.6. The van der Waals surface area contributed by atoms with E-state index in [2.05, 4.69) is 121 Å². The van der Waals surface area contributed by atoms with E-state index >= 15 is 0 Å². The molecule has 0 bridgehead atoms. The highest BCUT2D eigenvalue weighted by Crippen LogP contribution is 2.43. The van der Waals surface area contributed by atoms with Crippen LogP contribution in [0.1, 0.15) is 199 Å². The van der Waals surface area contributed by atoms with Crippen molar-refractivity contribution >= 4 is 11.9 Å². The van der Waals surface area contributed by atoms with Crippen molar-refractivity contribution in [3.63, 3.8) is 0 Å². The van der Waals surface area contributed by atoms with Gasteiger partial charge in [0.15, 0.2) is 0 Å². The van der Waals surface area contributed by atoms with E-state index < -0.39 is 34.3 Å². The fourth-order valence-electron chi connectivity index (χ4n) is 8.80. The summed E-state index contributed by atoms with van der Waals surface area (Å²) in [6, 6.07) is 28.1. The van der Waals surface area contributed by atoms with Gasteiger partial charge in [-0.3, -0.25) is 0 Å². The topological polar surface area (TPSA) is 108 Å². The molecular weight excluding hydrogens is 953 g/mol. The first-order valence-electron chi connectivity index (χ1n) is 27.9. The average Bonchev–Trinajstić information content (AvgIpc) is 3.31. The van der Waals surface area contributed by atoms with Crippen LogP contribution in [-0.2, 0) is 38.0 Å². The Kier molecular flexibility index (Phi) is 24.6. The minimum absolute atomic E-state index is 0.131. The third-order valence-corrected chi connectivity index (χ3v) is 16.1. The SMILES string of the molecule is C=C(C)C(=O)OC(C)(C)C(COC(C)(C)C(C)(C)CCCCOC(C)(C)CCOc1cccc(OCCC(C)(C)OCCCCC(C)(C)C(C)(C)OCC(c2ccccc2)C(C)(C)OC(=O)C(=C)C)c1)c1ccccc1. The van der Waals surface area contributed by atoms with Gasteiger partial charge < -0.3 is 37.9 Å². The molecule has 0 aliphatic heterocycles. The van der Waals surface area contributed by atoms with Gasteiger partial charge in [0.2, 0.25) is 0 Å². The van der Waals surface area contributed by atoms with Crippen molar-refractivity contribution in [2.24, 2.45) is 10.8 Å². The van der Waals surface area contributed by atoms with E-state index in [1.165, 1.54) is 0 Å². The molecule has 76 heavy (non-hydrogen) atoms. The molecular formula is C66H102O10. The van der Waals surface area contributed by atoms with Crippen LogP contribution in [0.2, 0.25) is 0 Å². The molecule has 0 fully saturated rings. The lowest BCUT2D eigenvalue weighted by atomic mass is 9.73. The number of carbonyl (C=O) groups excluding carboxylic acids is 2. The van der Waals surface area contributed by atoms with Gasteiger partial charge in [0, 0.05) is 55.1 Å². The van der Waals surface area contributed by atoms with Gasteiger partial charge >= 0.3 is 11.9 Å². The molecule has 0 spiro atoms. The third kappa shape index (κ3) is 21.4. The van der Waals surface area contributed by atoms with Crippen molar-refractivity contribution in [3.05, 3.63) is 120 Å². The maximum atomic E-state index is 12.6. The molecule has 0 N–H and O–H groups in total. The second-order valence-electron chi connectivity index (χ2n) is 25.7. The molecule has 0 radical (unpaired) electrons. The minimum Gasteiger partial charge on any atom is -0.493 e. The third-order valence-electron chi connectivity index (χ3n) is 16.1. The lowest BCUT2D eigenvalue weighted by molar-refractivity contribution is -0.161. The Hall–Kier alpha value is -4.48. The van der Waals surface area contributed by atoms with E-state index in [0.717, 1.165) is 74.0 Å². The van der Waals surface area contributed by atoms with Gasteiger partial charge in [-0.25, -0.2) is 9.59 Å². The van der Waals surface area contributed by atoms with Crippen LogP contribution in [-0.4, -0.2) is 85.2 Å². The Morgan fingerprint density at radius 2 is 0.776 bits per heavy atom. The number of ether oxygens (including phenoxy) is 8. The molecule has 10 heteroatoms. The smallest absolute Gasteiger partial charge is 0.333 e. The lowest BCUT2D eigenvalue weighted by Crippen LogP contribution is -2.45. The van der Waals surface area contributed by atoms with Crippen molar-refractivity contribution in [2.45, 2.75) is 221 Å². The first-order valence-corrected chi connectivity index (χ1v) is 27.9. The second-order valence-corrected chi connectivity index (χ2v) is 25.7. The van der Waals surface area contributed by atoms with Crippen LogP contribution in [0.15, 0.2) is 109 Å². The molecule has 10 nitrogen and oxygen atoms in total. The summed E-state index contributed by atoms with van der Waals surface area (Å²) < 4.78 is 50.6. The number of hydrogen-bond donors (Lipinski definition) is 0. The lowest BCUT2D eigenvalue weighted by Gasteiger charge is -2.44. The van der Waals surface area contributed by atoms with Crippen LogP contribution >= 0.6 is 0 Å². The van der Waals surface area contributed by atoms with Crippen LogP contribution in [0, 0.1) is 10.8 Å². The number of hydrogen-bond acceptors (Lipinski definition) is 10. The molecule has 0 aliphatic rings. The maximum absolute atomic E-state index is 12.6. The monoisotopic (exact) mass is 1050 g/mol. The van der Waals surface area contributed by atoms with Crippen molar-refractivity contribution in [1.82, 2.24) is 0 Å². The highest BCUT2D eigenvalue weighted by Gasteiger charge is 2.43. The highest BCUT2D eigenvalue weighted by atomic mass is 16.6. The summed E-state index contributed by atoms with van der Waals surface area (Å²) in [6.45, 7) is 48.0. The second kappa shape index (κ2) is 28.4. The normalized spacial score (nSPS) is 13.9. The summed E-state index contributed by atoms with van der Waals surface area (Å²) in [5.41, 5.74) is -0.585. The van der Waals surface area contributed by atoms with Gasteiger partial charge in [-0.2, -0.15) is 0 Å². The average molecular weight is 1060 g/mol. The van der Waals surface area contributed by atoms with Crippen LogP contribution in [0.4, 0.5) is 0 Å². The summed E-state index contributed by atoms with van der Waals surface area (Å²) in [7, 11) is 0. The predicted octanol–water partition coefficient (Wildman–Crippen LogP) is 16.2. The molecule has 426 valence electrons. The number of esters is 2. The molecule has 3 rings (SSSR count). The van der Waals surface area contributed by atoms with Gasteiger partial charge in [0.1, 0.15) is 22.7 Å². The van der Waals surface area contributed by atoms with Gasteiger partial charge in [0.25, 0.3) is 0 Å². The van der Waals surface area contributed by atoms with E-state index in [1.807, 2.05) is 88.4 Å². The Morgan fingerprint density at radius 1 is 0.434 bits per heavy atom. The fourth-order valence-corrected chi connectivity index (χ4v) is 8.80. The van der Waals surface area contributed by atoms with E-state index in [4.69, 9.17) is 37.9 Å². The zero-order chi connectivity index (χ0) is 57.2. The van der Waals surface area contributed by atoms with Crippen LogP contribution < -0.4 is 9.47 Å². The van der Waals surface area contributed by atoms with Crippen molar-refractivity contribution in [3.8, 4) is 11.5 Å². The number of unbranched alkanes of at least 4 members (excludes halogenated alkanes) is 2. The van der Waals surface area contributed by atoms with Gasteiger partial charge in [-0.05, 0) is 157 Å². The first-order chi connectivity index (χ1) is 35.1. The first kappa shape index (κ1) is 65.8. The summed E-state index contributed by atoms with van der Waals surface area (Å²) in [6.07, 6.45) is 7.27. The largest absolute Gasteiger partial charge is 0.493 e. The van der Waals surface area contributed by atoms with Crippen molar-refractivity contribution in [1.29, 1.82) is 0 Å². The molecule has 0 amide bonds. The molecule has 0 saturated carbocycles. The van der Waals surface area contributed by atoms with Gasteiger partial charge in [-0.15, -0.1) is 0 Å². The molecule has 0 saturated heterocycles. The van der Waals surface area contributed by atoms with Crippen LogP contribution in [0.5, 0.6) is 11.5 Å². The molecule has 3 aromatic rings. The summed E-state index contributed by atoms with van der Waals surface area (Å²) in [4.78, 5) is 25.2. The fraction of sp³-hybridized carbons (Fsp3) is 0.636. The van der Waals surface area contributed by atoms with E-state index in [9.17, 15) is 9.59 Å². The minimum atomic E-state index is -0.805. The van der Waals surface area contributed by atoms with Gasteiger partial charge in [-0.1, -0.05) is 120 Å². The Bertz CT molecular complexity index is 2100. The van der Waals surface area contributed by atoms with Crippen molar-refractivity contribution < 1.29 is 47.5 Å². The molecule has 2 atom stereocenters. The summed E-state index contributed by atoms with van der Waals surface area (Å²) in [5.74, 6) is 0.396. The number of benzene rings is 3. The predicted molar refractivity (Wildman–Crippen MR) is 310 cm³/mol. The standard InChI is InChI=1S/C66H102O10/c1-49(2)57(67)75-63(13,14)55(51-32-23-21-24-33-51)47-73-65(17,18)59(5,6)38-27-29-42-71-61(9,10)40-44-69-53-36-31-37-54(46-53)70-45-41-62(11,12)72-43-30-28-39-60(7,8)66(19,20)74-48-56(52-34-25-22-26-35-52)64(15,16)76-58(68)50(3)4/h21-26,31-37,46,55-56H,1,3,27-30,38-45,47-48H2,2,4-20H3. The summed E-state index contributed by atoms with van der Waals surface area (Å²) in [5, 5.41) is 0. The Morgan fingerprint density at radius 3 is 1.11 bits per heavy atom. The van der Waals surface area contributed by atoms with E-state index in [0.29, 0.717) is 50.8 Å². The summed E-state index contributed by atoms with van der Waals surface area (Å²) >= 11 is 0. The quantitative estimate of drug-likeness (QED) is 0.0317.